The maximum Gasteiger partial charge on any atom is 0.303 e. The maximum atomic E-state index is 10.4. The number of aliphatic carboxylic acids is 1. The Bertz CT molecular complexity index is 294. The molecule has 1 saturated carbocycles. The molecule has 2 N–H and O–H groups in total. The van der Waals surface area contributed by atoms with Crippen molar-refractivity contribution in [1.29, 1.82) is 0 Å². The first kappa shape index (κ1) is 17.4. The van der Waals surface area contributed by atoms with Crippen LogP contribution in [0.3, 0.4) is 0 Å². The second-order valence-corrected chi connectivity index (χ2v) is 6.70. The molecule has 2 atom stereocenters. The summed E-state index contributed by atoms with van der Waals surface area (Å²) in [5.74, 6) is 0.143. The molecular formula is C16H32N2O2. The first-order valence-corrected chi connectivity index (χ1v) is 8.06. The van der Waals surface area contributed by atoms with Gasteiger partial charge in [0.05, 0.1) is 0 Å². The van der Waals surface area contributed by atoms with Crippen LogP contribution in [-0.2, 0) is 4.79 Å². The molecule has 1 fully saturated rings. The molecule has 1 rings (SSSR count). The molecule has 0 heterocycles. The minimum Gasteiger partial charge on any atom is -0.481 e. The van der Waals surface area contributed by atoms with E-state index in [1.54, 1.807) is 0 Å². The molecule has 0 aromatic carbocycles. The quantitative estimate of drug-likeness (QED) is 0.639. The summed E-state index contributed by atoms with van der Waals surface area (Å²) in [5, 5.41) is 12.2. The lowest BCUT2D eigenvalue weighted by molar-refractivity contribution is -0.137. The summed E-state index contributed by atoms with van der Waals surface area (Å²) in [6, 6.07) is 0. The molecular weight excluding hydrogens is 252 g/mol. The lowest BCUT2D eigenvalue weighted by atomic mass is 9.75. The van der Waals surface area contributed by atoms with Gasteiger partial charge in [-0.3, -0.25) is 4.79 Å². The number of carbonyl (C=O) groups is 1. The highest BCUT2D eigenvalue weighted by Gasteiger charge is 2.36. The zero-order chi connectivity index (χ0) is 15.0. The van der Waals surface area contributed by atoms with E-state index in [-0.39, 0.29) is 0 Å². The van der Waals surface area contributed by atoms with E-state index in [2.05, 4.69) is 31.2 Å². The first-order valence-electron chi connectivity index (χ1n) is 8.06. The van der Waals surface area contributed by atoms with Gasteiger partial charge in [0, 0.05) is 18.5 Å². The van der Waals surface area contributed by atoms with Gasteiger partial charge in [-0.2, -0.15) is 0 Å². The summed E-state index contributed by atoms with van der Waals surface area (Å²) in [4.78, 5) is 12.8. The highest BCUT2D eigenvalue weighted by molar-refractivity contribution is 5.66. The average molecular weight is 284 g/mol. The van der Waals surface area contributed by atoms with Gasteiger partial charge in [-0.25, -0.2) is 0 Å². The van der Waals surface area contributed by atoms with Crippen LogP contribution in [0.15, 0.2) is 0 Å². The van der Waals surface area contributed by atoms with Gasteiger partial charge in [0.1, 0.15) is 0 Å². The standard InChI is InChI=1S/C16H32N2O2/c1-14-8-7-10-16(12-14,18(2)3)13-17-11-6-4-5-9-15(19)20/h14,17H,4-13H2,1-3H3,(H,19,20). The molecule has 4 nitrogen and oxygen atoms in total. The fourth-order valence-corrected chi connectivity index (χ4v) is 3.38. The number of unbranched alkanes of at least 4 members (excludes halogenated alkanes) is 2. The van der Waals surface area contributed by atoms with E-state index in [1.165, 1.54) is 25.7 Å². The van der Waals surface area contributed by atoms with Crippen LogP contribution >= 0.6 is 0 Å². The lowest BCUT2D eigenvalue weighted by Crippen LogP contribution is -2.54. The molecule has 0 spiro atoms. The van der Waals surface area contributed by atoms with E-state index in [0.717, 1.165) is 38.3 Å². The predicted octanol–water partition coefficient (Wildman–Crippen LogP) is 2.73. The van der Waals surface area contributed by atoms with Crippen LogP contribution in [0, 0.1) is 5.92 Å². The van der Waals surface area contributed by atoms with Crippen molar-refractivity contribution in [3.05, 3.63) is 0 Å². The number of likely N-dealkylation sites (N-methyl/N-ethyl adjacent to an activating group) is 1. The molecule has 0 aromatic rings. The van der Waals surface area contributed by atoms with Crippen molar-refractivity contribution < 1.29 is 9.90 Å². The summed E-state index contributed by atoms with van der Waals surface area (Å²) >= 11 is 0. The fraction of sp³-hybridized carbons (Fsp3) is 0.938. The van der Waals surface area contributed by atoms with Gasteiger partial charge in [0.15, 0.2) is 0 Å². The smallest absolute Gasteiger partial charge is 0.303 e. The van der Waals surface area contributed by atoms with Crippen LogP contribution in [0.1, 0.15) is 58.3 Å². The van der Waals surface area contributed by atoms with Crippen LogP contribution < -0.4 is 5.32 Å². The van der Waals surface area contributed by atoms with Crippen molar-refractivity contribution in [1.82, 2.24) is 10.2 Å². The molecule has 4 heteroatoms. The van der Waals surface area contributed by atoms with Crippen molar-refractivity contribution in [2.45, 2.75) is 63.8 Å². The zero-order valence-corrected chi connectivity index (χ0v) is 13.5. The van der Waals surface area contributed by atoms with Gasteiger partial charge in [-0.05, 0) is 52.2 Å². The number of nitrogens with zero attached hydrogens (tertiary/aromatic N) is 1. The largest absolute Gasteiger partial charge is 0.481 e. The monoisotopic (exact) mass is 284 g/mol. The summed E-state index contributed by atoms with van der Waals surface area (Å²) < 4.78 is 0. The Hall–Kier alpha value is -0.610. The number of hydrogen-bond donors (Lipinski definition) is 2. The molecule has 0 saturated heterocycles. The third kappa shape index (κ3) is 5.80. The van der Waals surface area contributed by atoms with E-state index in [0.29, 0.717) is 12.0 Å². The fourth-order valence-electron chi connectivity index (χ4n) is 3.38. The third-order valence-corrected chi connectivity index (χ3v) is 4.71. The molecule has 0 aliphatic heterocycles. The van der Waals surface area contributed by atoms with Gasteiger partial charge in [-0.15, -0.1) is 0 Å². The van der Waals surface area contributed by atoms with E-state index in [1.807, 2.05) is 0 Å². The predicted molar refractivity (Wildman–Crippen MR) is 83.0 cm³/mol. The number of hydrogen-bond acceptors (Lipinski definition) is 3. The van der Waals surface area contributed by atoms with Crippen molar-refractivity contribution in [2.75, 3.05) is 27.2 Å². The van der Waals surface area contributed by atoms with Gasteiger partial charge in [-0.1, -0.05) is 26.2 Å². The van der Waals surface area contributed by atoms with Crippen LogP contribution in [0.25, 0.3) is 0 Å². The van der Waals surface area contributed by atoms with Gasteiger partial charge in [0.25, 0.3) is 0 Å². The summed E-state index contributed by atoms with van der Waals surface area (Å²) in [6.07, 6.45) is 8.45. The van der Waals surface area contributed by atoms with Gasteiger partial charge >= 0.3 is 5.97 Å². The Balaban J connectivity index is 2.21. The van der Waals surface area contributed by atoms with E-state index in [4.69, 9.17) is 5.11 Å². The van der Waals surface area contributed by atoms with Crippen LogP contribution in [0.5, 0.6) is 0 Å². The highest BCUT2D eigenvalue weighted by atomic mass is 16.4. The average Bonchev–Trinajstić information content (AvgIpc) is 2.37. The van der Waals surface area contributed by atoms with E-state index < -0.39 is 5.97 Å². The maximum absolute atomic E-state index is 10.4. The normalized spacial score (nSPS) is 26.9. The Morgan fingerprint density at radius 2 is 2.10 bits per heavy atom. The van der Waals surface area contributed by atoms with Gasteiger partial charge < -0.3 is 15.3 Å². The summed E-state index contributed by atoms with van der Waals surface area (Å²) in [7, 11) is 4.40. The Kier molecular flexibility index (Phi) is 7.52. The number of rotatable bonds is 9. The minimum absolute atomic E-state index is 0.305. The van der Waals surface area contributed by atoms with Crippen LogP contribution in [-0.4, -0.2) is 48.7 Å². The Morgan fingerprint density at radius 3 is 2.70 bits per heavy atom. The molecule has 1 aliphatic rings. The number of nitrogens with one attached hydrogen (secondary N) is 1. The van der Waals surface area contributed by atoms with E-state index >= 15 is 0 Å². The number of carboxylic acid groups (broad SMARTS) is 1. The van der Waals surface area contributed by atoms with Gasteiger partial charge in [0.2, 0.25) is 0 Å². The van der Waals surface area contributed by atoms with Crippen molar-refractivity contribution in [3.8, 4) is 0 Å². The number of carboxylic acids is 1. The van der Waals surface area contributed by atoms with Crippen molar-refractivity contribution >= 4 is 5.97 Å². The molecule has 0 radical (unpaired) electrons. The van der Waals surface area contributed by atoms with Crippen molar-refractivity contribution in [2.24, 2.45) is 5.92 Å². The Labute approximate surface area is 123 Å². The molecule has 0 amide bonds. The van der Waals surface area contributed by atoms with E-state index in [9.17, 15) is 4.79 Å². The first-order chi connectivity index (χ1) is 9.46. The summed E-state index contributed by atoms with van der Waals surface area (Å²) in [6.45, 7) is 4.43. The van der Waals surface area contributed by atoms with Crippen LogP contribution in [0.4, 0.5) is 0 Å². The molecule has 0 aromatic heterocycles. The summed E-state index contributed by atoms with van der Waals surface area (Å²) in [5.41, 5.74) is 0.318. The second-order valence-electron chi connectivity index (χ2n) is 6.70. The SMILES string of the molecule is CC1CCCC(CNCCCCCC(=O)O)(N(C)C)C1. The highest BCUT2D eigenvalue weighted by Crippen LogP contribution is 2.35. The lowest BCUT2D eigenvalue weighted by Gasteiger charge is -2.45. The topological polar surface area (TPSA) is 52.6 Å². The van der Waals surface area contributed by atoms with Crippen molar-refractivity contribution in [3.63, 3.8) is 0 Å². The van der Waals surface area contributed by atoms with Crippen LogP contribution in [0.2, 0.25) is 0 Å². The molecule has 118 valence electrons. The second kappa shape index (κ2) is 8.63. The molecule has 2 unspecified atom stereocenters. The minimum atomic E-state index is -0.680. The molecule has 20 heavy (non-hydrogen) atoms. The third-order valence-electron chi connectivity index (χ3n) is 4.71. The Morgan fingerprint density at radius 1 is 1.35 bits per heavy atom. The molecule has 0 bridgehead atoms. The molecule has 1 aliphatic carbocycles. The zero-order valence-electron chi connectivity index (χ0n) is 13.5.